The van der Waals surface area contributed by atoms with Gasteiger partial charge >= 0.3 is 0 Å². The molecule has 1 heterocycles. The van der Waals surface area contributed by atoms with Crippen LogP contribution in [0, 0.1) is 0 Å². The van der Waals surface area contributed by atoms with Gasteiger partial charge in [-0.3, -0.25) is 4.79 Å². The quantitative estimate of drug-likeness (QED) is 0.834. The third-order valence-electron chi connectivity index (χ3n) is 3.79. The number of carbonyl (C=O) groups excluding carboxylic acids is 1. The normalized spacial score (nSPS) is 16.6. The van der Waals surface area contributed by atoms with Gasteiger partial charge in [-0.25, -0.2) is 0 Å². The van der Waals surface area contributed by atoms with Crippen molar-refractivity contribution in [1.82, 2.24) is 5.32 Å². The maximum Gasteiger partial charge on any atom is 0.240 e. The fourth-order valence-electron chi connectivity index (χ4n) is 2.29. The molecule has 0 atom stereocenters. The topological polar surface area (TPSA) is 73.6 Å². The minimum atomic E-state index is -0.785. The molecule has 1 aliphatic rings. The number of amides is 1. The van der Waals surface area contributed by atoms with E-state index in [1.807, 2.05) is 31.2 Å². The first kappa shape index (κ1) is 18.9. The average molecular weight is 329 g/mol. The van der Waals surface area contributed by atoms with E-state index in [0.717, 1.165) is 11.1 Å². The molecule has 1 amide bonds. The standard InChI is InChI=1S/C16H24N2O3.ClH/c1-2-20-12-14-5-3-13(4-6-14)11-18-15(19)16(17)7-9-21-10-8-16;/h3-6H,2,7-12,17H2,1H3,(H,18,19);1H. The number of rotatable bonds is 6. The van der Waals surface area contributed by atoms with Crippen molar-refractivity contribution < 1.29 is 14.3 Å². The summed E-state index contributed by atoms with van der Waals surface area (Å²) in [4.78, 5) is 12.2. The van der Waals surface area contributed by atoms with Crippen molar-refractivity contribution in [2.75, 3.05) is 19.8 Å². The summed E-state index contributed by atoms with van der Waals surface area (Å²) >= 11 is 0. The molecule has 6 heteroatoms. The molecule has 0 aliphatic carbocycles. The van der Waals surface area contributed by atoms with E-state index >= 15 is 0 Å². The number of benzene rings is 1. The van der Waals surface area contributed by atoms with Crippen molar-refractivity contribution >= 4 is 18.3 Å². The molecule has 5 nitrogen and oxygen atoms in total. The van der Waals surface area contributed by atoms with E-state index in [-0.39, 0.29) is 18.3 Å². The van der Waals surface area contributed by atoms with Gasteiger partial charge in [-0.1, -0.05) is 24.3 Å². The lowest BCUT2D eigenvalue weighted by Gasteiger charge is -2.31. The van der Waals surface area contributed by atoms with E-state index in [4.69, 9.17) is 15.2 Å². The number of halogens is 1. The van der Waals surface area contributed by atoms with Crippen LogP contribution in [0.15, 0.2) is 24.3 Å². The first-order valence-corrected chi connectivity index (χ1v) is 7.44. The molecule has 0 aromatic heterocycles. The molecule has 1 aromatic carbocycles. The first-order chi connectivity index (χ1) is 10.1. The van der Waals surface area contributed by atoms with Crippen LogP contribution in [0.4, 0.5) is 0 Å². The van der Waals surface area contributed by atoms with Crippen molar-refractivity contribution in [3.05, 3.63) is 35.4 Å². The van der Waals surface area contributed by atoms with Crippen molar-refractivity contribution in [3.8, 4) is 0 Å². The van der Waals surface area contributed by atoms with Crippen LogP contribution in [0.25, 0.3) is 0 Å². The van der Waals surface area contributed by atoms with Crippen molar-refractivity contribution in [1.29, 1.82) is 0 Å². The van der Waals surface area contributed by atoms with Crippen molar-refractivity contribution in [3.63, 3.8) is 0 Å². The van der Waals surface area contributed by atoms with Crippen LogP contribution in [0.1, 0.15) is 30.9 Å². The monoisotopic (exact) mass is 328 g/mol. The Morgan fingerprint density at radius 3 is 2.45 bits per heavy atom. The third kappa shape index (κ3) is 5.25. The van der Waals surface area contributed by atoms with Gasteiger partial charge in [0.05, 0.1) is 12.1 Å². The lowest BCUT2D eigenvalue weighted by molar-refractivity contribution is -0.129. The fraction of sp³-hybridized carbons (Fsp3) is 0.562. The Morgan fingerprint density at radius 2 is 1.86 bits per heavy atom. The summed E-state index contributed by atoms with van der Waals surface area (Å²) in [5, 5.41) is 2.92. The molecule has 1 aliphatic heterocycles. The SMILES string of the molecule is CCOCc1ccc(CNC(=O)C2(N)CCOCC2)cc1.Cl. The maximum absolute atomic E-state index is 12.2. The molecule has 1 saturated heterocycles. The molecule has 22 heavy (non-hydrogen) atoms. The molecule has 0 unspecified atom stereocenters. The molecule has 0 saturated carbocycles. The predicted molar refractivity (Wildman–Crippen MR) is 87.8 cm³/mol. The van der Waals surface area contributed by atoms with E-state index in [9.17, 15) is 4.79 Å². The minimum Gasteiger partial charge on any atom is -0.381 e. The van der Waals surface area contributed by atoms with Crippen LogP contribution < -0.4 is 11.1 Å². The van der Waals surface area contributed by atoms with Crippen LogP contribution >= 0.6 is 12.4 Å². The van der Waals surface area contributed by atoms with Crippen LogP contribution in [-0.2, 0) is 27.4 Å². The van der Waals surface area contributed by atoms with E-state index in [1.54, 1.807) is 0 Å². The number of hydrogen-bond donors (Lipinski definition) is 2. The molecule has 1 aromatic rings. The second-order valence-electron chi connectivity index (χ2n) is 5.40. The molecular weight excluding hydrogens is 304 g/mol. The highest BCUT2D eigenvalue weighted by molar-refractivity contribution is 5.86. The second kappa shape index (κ2) is 9.10. The van der Waals surface area contributed by atoms with E-state index in [1.165, 1.54) is 0 Å². The molecule has 3 N–H and O–H groups in total. The number of carbonyl (C=O) groups is 1. The van der Waals surface area contributed by atoms with Crippen LogP contribution in [0.3, 0.4) is 0 Å². The Kier molecular flexibility index (Phi) is 7.82. The van der Waals surface area contributed by atoms with Crippen LogP contribution in [0.2, 0.25) is 0 Å². The van der Waals surface area contributed by atoms with Gasteiger partial charge < -0.3 is 20.5 Å². The Hall–Kier alpha value is -1.14. The molecule has 0 radical (unpaired) electrons. The van der Waals surface area contributed by atoms with Crippen molar-refractivity contribution in [2.24, 2.45) is 5.73 Å². The highest BCUT2D eigenvalue weighted by Crippen LogP contribution is 2.18. The van der Waals surface area contributed by atoms with Gasteiger partial charge in [-0.15, -0.1) is 12.4 Å². The molecule has 124 valence electrons. The molecule has 0 spiro atoms. The van der Waals surface area contributed by atoms with Crippen LogP contribution in [0.5, 0.6) is 0 Å². The van der Waals surface area contributed by atoms with Gasteiger partial charge in [0, 0.05) is 26.4 Å². The summed E-state index contributed by atoms with van der Waals surface area (Å²) < 4.78 is 10.6. The molecule has 1 fully saturated rings. The smallest absolute Gasteiger partial charge is 0.240 e. The number of nitrogens with two attached hydrogens (primary N) is 1. The van der Waals surface area contributed by atoms with Crippen molar-refractivity contribution in [2.45, 2.75) is 38.5 Å². The minimum absolute atomic E-state index is 0. The highest BCUT2D eigenvalue weighted by atomic mass is 35.5. The Labute approximate surface area is 138 Å². The summed E-state index contributed by atoms with van der Waals surface area (Å²) in [7, 11) is 0. The average Bonchev–Trinajstić information content (AvgIpc) is 2.52. The zero-order valence-corrected chi connectivity index (χ0v) is 13.8. The van der Waals surface area contributed by atoms with E-state index < -0.39 is 5.54 Å². The number of ether oxygens (including phenoxy) is 2. The third-order valence-corrected chi connectivity index (χ3v) is 3.79. The summed E-state index contributed by atoms with van der Waals surface area (Å²) in [5.74, 6) is -0.0933. The zero-order chi connectivity index (χ0) is 15.1. The lowest BCUT2D eigenvalue weighted by atomic mass is 9.90. The molecular formula is C16H25ClN2O3. The fourth-order valence-corrected chi connectivity index (χ4v) is 2.29. The summed E-state index contributed by atoms with van der Waals surface area (Å²) in [6.07, 6.45) is 1.15. The summed E-state index contributed by atoms with van der Waals surface area (Å²) in [6, 6.07) is 8.04. The summed E-state index contributed by atoms with van der Waals surface area (Å²) in [6.45, 7) is 4.90. The first-order valence-electron chi connectivity index (χ1n) is 7.44. The van der Waals surface area contributed by atoms with Gasteiger partial charge in [0.2, 0.25) is 5.91 Å². The molecule has 2 rings (SSSR count). The van der Waals surface area contributed by atoms with E-state index in [2.05, 4.69) is 5.32 Å². The van der Waals surface area contributed by atoms with Gasteiger partial charge in [-0.05, 0) is 30.9 Å². The predicted octanol–water partition coefficient (Wildman–Crippen LogP) is 1.77. The maximum atomic E-state index is 12.2. The number of nitrogens with one attached hydrogen (secondary N) is 1. The Bertz CT molecular complexity index is 459. The van der Waals surface area contributed by atoms with Crippen LogP contribution in [-0.4, -0.2) is 31.3 Å². The van der Waals surface area contributed by atoms with Gasteiger partial charge in [0.15, 0.2) is 0 Å². The highest BCUT2D eigenvalue weighted by Gasteiger charge is 2.35. The lowest BCUT2D eigenvalue weighted by Crippen LogP contribution is -2.56. The Balaban J connectivity index is 0.00000242. The van der Waals surface area contributed by atoms with Gasteiger partial charge in [0.1, 0.15) is 0 Å². The van der Waals surface area contributed by atoms with Gasteiger partial charge in [-0.2, -0.15) is 0 Å². The Morgan fingerprint density at radius 1 is 1.27 bits per heavy atom. The number of hydrogen-bond acceptors (Lipinski definition) is 4. The second-order valence-corrected chi connectivity index (χ2v) is 5.40. The molecule has 0 bridgehead atoms. The zero-order valence-electron chi connectivity index (χ0n) is 13.0. The van der Waals surface area contributed by atoms with E-state index in [0.29, 0.717) is 45.8 Å². The largest absolute Gasteiger partial charge is 0.381 e. The summed E-state index contributed by atoms with van der Waals surface area (Å²) in [5.41, 5.74) is 7.54. The van der Waals surface area contributed by atoms with Gasteiger partial charge in [0.25, 0.3) is 0 Å².